The third-order valence-corrected chi connectivity index (χ3v) is 7.16. The highest BCUT2D eigenvalue weighted by atomic mass is 32.2. The smallest absolute Gasteiger partial charge is 0.255 e. The summed E-state index contributed by atoms with van der Waals surface area (Å²) in [6.07, 6.45) is 8.68. The number of aliphatic hydroxyl groups excluding tert-OH is 1. The van der Waals surface area contributed by atoms with Gasteiger partial charge < -0.3 is 20.4 Å². The molecule has 2 aromatic heterocycles. The van der Waals surface area contributed by atoms with Crippen LogP contribution in [-0.4, -0.2) is 51.3 Å². The standard InChI is InChI=1S/C29H33N5O4S/c1-30-29(36)28-25(38-18-7-3-2-4-12-27(35)34-37)10-8-11-26(28)39-21-14-15-22-23(32-33-24(22)19-21)16-13-20-9-5-6-17-31-20/h5-6,8-11,13-17,19,27,34-35,37H,2-4,7,12,18H2,1H3,(H,30,36)(H,32,33). The van der Waals surface area contributed by atoms with Gasteiger partial charge in [-0.05, 0) is 73.9 Å². The predicted octanol–water partition coefficient (Wildman–Crippen LogP) is 5.27. The molecule has 204 valence electrons. The van der Waals surface area contributed by atoms with Gasteiger partial charge in [-0.25, -0.2) is 0 Å². The second-order valence-electron chi connectivity index (χ2n) is 8.91. The molecule has 0 fully saturated rings. The number of nitrogens with zero attached hydrogens (tertiary/aromatic N) is 2. The van der Waals surface area contributed by atoms with Crippen LogP contribution in [-0.2, 0) is 0 Å². The predicted molar refractivity (Wildman–Crippen MR) is 153 cm³/mol. The third-order valence-electron chi connectivity index (χ3n) is 6.11. The molecule has 4 rings (SSSR count). The Morgan fingerprint density at radius 1 is 1.10 bits per heavy atom. The van der Waals surface area contributed by atoms with E-state index in [0.29, 0.717) is 24.3 Å². The quantitative estimate of drug-likeness (QED) is 0.0820. The van der Waals surface area contributed by atoms with Crippen molar-refractivity contribution in [2.24, 2.45) is 0 Å². The van der Waals surface area contributed by atoms with E-state index in [1.807, 2.05) is 72.2 Å². The van der Waals surface area contributed by atoms with Crippen molar-refractivity contribution in [3.8, 4) is 5.75 Å². The van der Waals surface area contributed by atoms with Crippen LogP contribution < -0.4 is 15.5 Å². The van der Waals surface area contributed by atoms with Crippen LogP contribution in [0.25, 0.3) is 23.1 Å². The number of carbonyl (C=O) groups excluding carboxylic acids is 1. The van der Waals surface area contributed by atoms with Gasteiger partial charge in [0.1, 0.15) is 12.0 Å². The molecule has 0 bridgehead atoms. The number of amides is 1. The van der Waals surface area contributed by atoms with Crippen molar-refractivity contribution < 1.29 is 19.8 Å². The zero-order valence-electron chi connectivity index (χ0n) is 21.8. The molecule has 0 radical (unpaired) electrons. The van der Waals surface area contributed by atoms with E-state index in [-0.39, 0.29) is 5.91 Å². The van der Waals surface area contributed by atoms with Crippen LogP contribution in [0.3, 0.4) is 0 Å². The minimum Gasteiger partial charge on any atom is -0.493 e. The maximum atomic E-state index is 12.8. The molecule has 2 heterocycles. The molecular weight excluding hydrogens is 514 g/mol. The average Bonchev–Trinajstić information content (AvgIpc) is 3.37. The molecule has 0 saturated carbocycles. The maximum Gasteiger partial charge on any atom is 0.255 e. The summed E-state index contributed by atoms with van der Waals surface area (Å²) in [6.45, 7) is 0.480. The Morgan fingerprint density at radius 2 is 1.97 bits per heavy atom. The first-order valence-corrected chi connectivity index (χ1v) is 13.7. The number of unbranched alkanes of at least 4 members (excludes halogenated alkanes) is 3. The largest absolute Gasteiger partial charge is 0.493 e. The average molecular weight is 548 g/mol. The number of aromatic amines is 1. The highest BCUT2D eigenvalue weighted by molar-refractivity contribution is 7.99. The minimum atomic E-state index is -0.887. The number of benzene rings is 2. The Morgan fingerprint density at radius 3 is 2.77 bits per heavy atom. The van der Waals surface area contributed by atoms with Crippen molar-refractivity contribution in [3.05, 3.63) is 77.7 Å². The molecule has 1 amide bonds. The minimum absolute atomic E-state index is 0.205. The normalized spacial score (nSPS) is 12.2. The zero-order chi connectivity index (χ0) is 27.5. The van der Waals surface area contributed by atoms with Crippen LogP contribution in [0.1, 0.15) is 53.8 Å². The number of nitrogens with one attached hydrogen (secondary N) is 3. The number of hydrogen-bond donors (Lipinski definition) is 5. The summed E-state index contributed by atoms with van der Waals surface area (Å²) >= 11 is 1.49. The Labute approximate surface area is 231 Å². The maximum absolute atomic E-state index is 12.8. The summed E-state index contributed by atoms with van der Waals surface area (Å²) in [5, 5.41) is 29.2. The van der Waals surface area contributed by atoms with E-state index in [1.165, 1.54) is 11.8 Å². The number of carbonyl (C=O) groups is 1. The molecule has 39 heavy (non-hydrogen) atoms. The summed E-state index contributed by atoms with van der Waals surface area (Å²) in [4.78, 5) is 18.9. The summed E-state index contributed by atoms with van der Waals surface area (Å²) < 4.78 is 6.02. The summed E-state index contributed by atoms with van der Waals surface area (Å²) in [5.41, 5.74) is 4.93. The fourth-order valence-electron chi connectivity index (χ4n) is 4.08. The molecule has 1 unspecified atom stereocenters. The summed E-state index contributed by atoms with van der Waals surface area (Å²) in [6, 6.07) is 17.5. The van der Waals surface area contributed by atoms with Gasteiger partial charge in [0.05, 0.1) is 29.1 Å². The topological polar surface area (TPSA) is 132 Å². The molecule has 0 spiro atoms. The zero-order valence-corrected chi connectivity index (χ0v) is 22.6. The van der Waals surface area contributed by atoms with Crippen molar-refractivity contribution in [2.75, 3.05) is 13.7 Å². The van der Waals surface area contributed by atoms with E-state index < -0.39 is 6.23 Å². The number of rotatable bonds is 14. The molecular formula is C29H33N5O4S. The van der Waals surface area contributed by atoms with Crippen molar-refractivity contribution >= 4 is 40.7 Å². The first-order valence-electron chi connectivity index (χ1n) is 12.9. The van der Waals surface area contributed by atoms with Gasteiger partial charge in [0.25, 0.3) is 5.91 Å². The van der Waals surface area contributed by atoms with Crippen molar-refractivity contribution in [2.45, 2.75) is 48.1 Å². The second-order valence-corrected chi connectivity index (χ2v) is 10.0. The van der Waals surface area contributed by atoms with E-state index in [1.54, 1.807) is 13.2 Å². The van der Waals surface area contributed by atoms with Crippen LogP contribution in [0, 0.1) is 0 Å². The Balaban J connectivity index is 1.43. The number of aromatic nitrogens is 3. The lowest BCUT2D eigenvalue weighted by atomic mass is 10.1. The molecule has 2 aromatic carbocycles. The van der Waals surface area contributed by atoms with Gasteiger partial charge in [0, 0.05) is 28.4 Å². The molecule has 0 aliphatic rings. The van der Waals surface area contributed by atoms with Gasteiger partial charge in [-0.1, -0.05) is 36.7 Å². The number of pyridine rings is 1. The number of H-pyrrole nitrogens is 1. The van der Waals surface area contributed by atoms with Crippen LogP contribution in [0.2, 0.25) is 0 Å². The SMILES string of the molecule is CNC(=O)c1c(OCCCCCCC(O)NO)cccc1Sc1ccc2c(C=Cc3ccccn3)n[nH]c2c1. The Kier molecular flexibility index (Phi) is 10.5. The van der Waals surface area contributed by atoms with Gasteiger partial charge in [-0.15, -0.1) is 0 Å². The molecule has 4 aromatic rings. The van der Waals surface area contributed by atoms with Crippen LogP contribution in [0.4, 0.5) is 0 Å². The monoisotopic (exact) mass is 547 g/mol. The number of ether oxygens (including phenoxy) is 1. The van der Waals surface area contributed by atoms with Crippen molar-refractivity contribution in [1.29, 1.82) is 0 Å². The van der Waals surface area contributed by atoms with E-state index in [2.05, 4.69) is 20.5 Å². The number of aliphatic hydroxyl groups is 1. The highest BCUT2D eigenvalue weighted by Crippen LogP contribution is 2.36. The molecule has 9 nitrogen and oxygen atoms in total. The number of fused-ring (bicyclic) bond motifs is 1. The Hall–Kier alpha value is -3.70. The van der Waals surface area contributed by atoms with Crippen LogP contribution in [0.5, 0.6) is 5.75 Å². The third kappa shape index (κ3) is 7.90. The highest BCUT2D eigenvalue weighted by Gasteiger charge is 2.18. The van der Waals surface area contributed by atoms with E-state index in [9.17, 15) is 9.90 Å². The van der Waals surface area contributed by atoms with Crippen LogP contribution >= 0.6 is 11.8 Å². The van der Waals surface area contributed by atoms with E-state index in [4.69, 9.17) is 9.94 Å². The van der Waals surface area contributed by atoms with Gasteiger partial charge in [0.15, 0.2) is 0 Å². The van der Waals surface area contributed by atoms with Gasteiger partial charge >= 0.3 is 0 Å². The fraction of sp³-hybridized carbons (Fsp3) is 0.276. The number of hydroxylamine groups is 1. The van der Waals surface area contributed by atoms with Gasteiger partial charge in [-0.3, -0.25) is 14.9 Å². The molecule has 0 aliphatic heterocycles. The lowest BCUT2D eigenvalue weighted by molar-refractivity contribution is -0.00395. The second kappa shape index (κ2) is 14.5. The van der Waals surface area contributed by atoms with Gasteiger partial charge in [0.2, 0.25) is 0 Å². The van der Waals surface area contributed by atoms with Gasteiger partial charge in [-0.2, -0.15) is 10.6 Å². The summed E-state index contributed by atoms with van der Waals surface area (Å²) in [5.74, 6) is 0.340. The van der Waals surface area contributed by atoms with Crippen LogP contribution in [0.15, 0.2) is 70.6 Å². The fourth-order valence-corrected chi connectivity index (χ4v) is 5.09. The first kappa shape index (κ1) is 28.3. The van der Waals surface area contributed by atoms with Crippen molar-refractivity contribution in [3.63, 3.8) is 0 Å². The number of hydrogen-bond acceptors (Lipinski definition) is 8. The summed E-state index contributed by atoms with van der Waals surface area (Å²) in [7, 11) is 1.61. The molecule has 0 saturated heterocycles. The lowest BCUT2D eigenvalue weighted by Crippen LogP contribution is -2.24. The Bertz CT molecular complexity index is 1390. The molecule has 1 atom stereocenters. The van der Waals surface area contributed by atoms with E-state index in [0.717, 1.165) is 57.8 Å². The molecule has 0 aliphatic carbocycles. The van der Waals surface area contributed by atoms with E-state index >= 15 is 0 Å². The first-order chi connectivity index (χ1) is 19.1. The lowest BCUT2D eigenvalue weighted by Gasteiger charge is -2.15. The molecule has 5 N–H and O–H groups in total. The molecule has 10 heteroatoms. The van der Waals surface area contributed by atoms with Crippen molar-refractivity contribution in [1.82, 2.24) is 26.0 Å².